The van der Waals surface area contributed by atoms with Crippen LogP contribution in [0.1, 0.15) is 31.4 Å². The van der Waals surface area contributed by atoms with E-state index >= 15 is 0 Å². The SMILES string of the molecule is CCCNC(CCOC)c1ccc(OC)c(OC)c1. The van der Waals surface area contributed by atoms with E-state index in [1.54, 1.807) is 21.3 Å². The van der Waals surface area contributed by atoms with Gasteiger partial charge in [-0.2, -0.15) is 0 Å². The van der Waals surface area contributed by atoms with E-state index in [0.29, 0.717) is 0 Å². The molecule has 0 amide bonds. The van der Waals surface area contributed by atoms with E-state index in [9.17, 15) is 0 Å². The summed E-state index contributed by atoms with van der Waals surface area (Å²) in [5.41, 5.74) is 1.20. The maximum Gasteiger partial charge on any atom is 0.161 e. The van der Waals surface area contributed by atoms with Crippen LogP contribution in [-0.4, -0.2) is 34.5 Å². The Morgan fingerprint density at radius 1 is 1.11 bits per heavy atom. The zero-order valence-corrected chi connectivity index (χ0v) is 12.4. The van der Waals surface area contributed by atoms with Crippen LogP contribution >= 0.6 is 0 Å². The lowest BCUT2D eigenvalue weighted by Crippen LogP contribution is -2.23. The molecule has 1 atom stereocenters. The third-order valence-electron chi connectivity index (χ3n) is 3.06. The molecule has 0 aliphatic rings. The molecule has 0 heterocycles. The summed E-state index contributed by atoms with van der Waals surface area (Å²) in [6.45, 7) is 3.88. The zero-order valence-electron chi connectivity index (χ0n) is 12.4. The Balaban J connectivity index is 2.87. The van der Waals surface area contributed by atoms with Gasteiger partial charge in [-0.3, -0.25) is 0 Å². The van der Waals surface area contributed by atoms with Gasteiger partial charge in [0.05, 0.1) is 14.2 Å². The van der Waals surface area contributed by atoms with Crippen LogP contribution in [0.15, 0.2) is 18.2 Å². The topological polar surface area (TPSA) is 39.7 Å². The van der Waals surface area contributed by atoms with Crippen molar-refractivity contribution in [1.29, 1.82) is 0 Å². The van der Waals surface area contributed by atoms with E-state index in [2.05, 4.69) is 18.3 Å². The molecular weight excluding hydrogens is 242 g/mol. The van der Waals surface area contributed by atoms with Gasteiger partial charge < -0.3 is 19.5 Å². The van der Waals surface area contributed by atoms with Crippen molar-refractivity contribution in [3.8, 4) is 11.5 Å². The van der Waals surface area contributed by atoms with Crippen molar-refractivity contribution >= 4 is 0 Å². The summed E-state index contributed by atoms with van der Waals surface area (Å²) in [6.07, 6.45) is 2.04. The highest BCUT2D eigenvalue weighted by Crippen LogP contribution is 2.30. The van der Waals surface area contributed by atoms with Crippen molar-refractivity contribution in [2.24, 2.45) is 0 Å². The molecule has 0 saturated heterocycles. The zero-order chi connectivity index (χ0) is 14.1. The van der Waals surface area contributed by atoms with Crippen molar-refractivity contribution in [2.75, 3.05) is 34.5 Å². The Bertz CT molecular complexity index is 360. The van der Waals surface area contributed by atoms with Gasteiger partial charge in [0.15, 0.2) is 11.5 Å². The highest BCUT2D eigenvalue weighted by atomic mass is 16.5. The van der Waals surface area contributed by atoms with Gasteiger partial charge in [0, 0.05) is 19.8 Å². The van der Waals surface area contributed by atoms with Crippen LogP contribution in [0.4, 0.5) is 0 Å². The van der Waals surface area contributed by atoms with Gasteiger partial charge in [-0.05, 0) is 37.1 Å². The molecule has 0 bridgehead atoms. The van der Waals surface area contributed by atoms with Crippen LogP contribution in [0.25, 0.3) is 0 Å². The lowest BCUT2D eigenvalue weighted by atomic mass is 10.0. The molecule has 0 aromatic heterocycles. The lowest BCUT2D eigenvalue weighted by molar-refractivity contribution is 0.183. The highest BCUT2D eigenvalue weighted by Gasteiger charge is 2.13. The number of nitrogens with one attached hydrogen (secondary N) is 1. The van der Waals surface area contributed by atoms with Crippen LogP contribution in [0.3, 0.4) is 0 Å². The fourth-order valence-electron chi connectivity index (χ4n) is 2.01. The van der Waals surface area contributed by atoms with E-state index in [1.807, 2.05) is 12.1 Å². The van der Waals surface area contributed by atoms with Gasteiger partial charge in [0.25, 0.3) is 0 Å². The molecule has 19 heavy (non-hydrogen) atoms. The summed E-state index contributed by atoms with van der Waals surface area (Å²) in [5, 5.41) is 3.53. The van der Waals surface area contributed by atoms with Crippen LogP contribution in [0.5, 0.6) is 11.5 Å². The van der Waals surface area contributed by atoms with E-state index < -0.39 is 0 Å². The average Bonchev–Trinajstić information content (AvgIpc) is 2.46. The second kappa shape index (κ2) is 8.77. The van der Waals surface area contributed by atoms with Gasteiger partial charge in [-0.1, -0.05) is 13.0 Å². The maximum atomic E-state index is 5.35. The first-order chi connectivity index (χ1) is 9.26. The van der Waals surface area contributed by atoms with Crippen molar-refractivity contribution in [3.05, 3.63) is 23.8 Å². The first kappa shape index (κ1) is 15.8. The quantitative estimate of drug-likeness (QED) is 0.747. The lowest BCUT2D eigenvalue weighted by Gasteiger charge is -2.20. The Hall–Kier alpha value is -1.26. The van der Waals surface area contributed by atoms with Gasteiger partial charge >= 0.3 is 0 Å². The van der Waals surface area contributed by atoms with Crippen LogP contribution < -0.4 is 14.8 Å². The molecule has 0 aliphatic carbocycles. The summed E-state index contributed by atoms with van der Waals surface area (Å²) in [7, 11) is 5.03. The molecule has 4 nitrogen and oxygen atoms in total. The minimum Gasteiger partial charge on any atom is -0.493 e. The predicted octanol–water partition coefficient (Wildman–Crippen LogP) is 2.78. The van der Waals surface area contributed by atoms with E-state index in [1.165, 1.54) is 5.56 Å². The maximum absolute atomic E-state index is 5.35. The Morgan fingerprint density at radius 2 is 1.84 bits per heavy atom. The summed E-state index contributed by atoms with van der Waals surface area (Å²) in [6, 6.07) is 6.33. The molecule has 108 valence electrons. The first-order valence-corrected chi connectivity index (χ1v) is 6.71. The molecule has 0 spiro atoms. The molecule has 1 aromatic carbocycles. The number of ether oxygens (including phenoxy) is 3. The van der Waals surface area contributed by atoms with Crippen molar-refractivity contribution < 1.29 is 14.2 Å². The number of rotatable bonds is 9. The third kappa shape index (κ3) is 4.73. The second-order valence-electron chi connectivity index (χ2n) is 4.40. The van der Waals surface area contributed by atoms with Gasteiger partial charge in [0.2, 0.25) is 0 Å². The standard InChI is InChI=1S/C15H25NO3/c1-5-9-16-13(8-10-17-2)12-6-7-14(18-3)15(11-12)19-4/h6-7,11,13,16H,5,8-10H2,1-4H3. The van der Waals surface area contributed by atoms with Crippen LogP contribution in [-0.2, 0) is 4.74 Å². The molecule has 1 N–H and O–H groups in total. The van der Waals surface area contributed by atoms with Gasteiger partial charge in [-0.15, -0.1) is 0 Å². The van der Waals surface area contributed by atoms with Crippen LogP contribution in [0.2, 0.25) is 0 Å². The van der Waals surface area contributed by atoms with Gasteiger partial charge in [0.1, 0.15) is 0 Å². The Morgan fingerprint density at radius 3 is 2.42 bits per heavy atom. The monoisotopic (exact) mass is 267 g/mol. The average molecular weight is 267 g/mol. The number of methoxy groups -OCH3 is 3. The minimum atomic E-state index is 0.278. The highest BCUT2D eigenvalue weighted by molar-refractivity contribution is 5.43. The molecule has 0 aliphatic heterocycles. The van der Waals surface area contributed by atoms with E-state index in [-0.39, 0.29) is 6.04 Å². The Kier molecular flexibility index (Phi) is 7.30. The van der Waals surface area contributed by atoms with Crippen molar-refractivity contribution in [2.45, 2.75) is 25.8 Å². The fraction of sp³-hybridized carbons (Fsp3) is 0.600. The van der Waals surface area contributed by atoms with Crippen molar-refractivity contribution in [1.82, 2.24) is 5.32 Å². The molecule has 0 saturated carbocycles. The summed E-state index contributed by atoms with van der Waals surface area (Å²) in [5.74, 6) is 1.52. The van der Waals surface area contributed by atoms with Gasteiger partial charge in [-0.25, -0.2) is 0 Å². The number of hydrogen-bond acceptors (Lipinski definition) is 4. The normalized spacial score (nSPS) is 12.2. The van der Waals surface area contributed by atoms with Crippen molar-refractivity contribution in [3.63, 3.8) is 0 Å². The smallest absolute Gasteiger partial charge is 0.161 e. The molecular formula is C15H25NO3. The number of benzene rings is 1. The summed E-state index contributed by atoms with van der Waals surface area (Å²) >= 11 is 0. The third-order valence-corrected chi connectivity index (χ3v) is 3.06. The Labute approximate surface area is 116 Å². The first-order valence-electron chi connectivity index (χ1n) is 6.71. The van der Waals surface area contributed by atoms with E-state index in [4.69, 9.17) is 14.2 Å². The van der Waals surface area contributed by atoms with E-state index in [0.717, 1.165) is 37.5 Å². The molecule has 1 unspecified atom stereocenters. The molecule has 1 aromatic rings. The largest absolute Gasteiger partial charge is 0.493 e. The number of hydrogen-bond donors (Lipinski definition) is 1. The molecule has 1 rings (SSSR count). The molecule has 4 heteroatoms. The second-order valence-corrected chi connectivity index (χ2v) is 4.40. The summed E-state index contributed by atoms with van der Waals surface area (Å²) < 4.78 is 15.8. The molecule has 0 radical (unpaired) electrons. The predicted molar refractivity (Wildman–Crippen MR) is 77.1 cm³/mol. The fourth-order valence-corrected chi connectivity index (χ4v) is 2.01. The molecule has 0 fully saturated rings. The summed E-state index contributed by atoms with van der Waals surface area (Å²) in [4.78, 5) is 0. The minimum absolute atomic E-state index is 0.278. The van der Waals surface area contributed by atoms with Crippen LogP contribution in [0, 0.1) is 0 Å².